The number of benzene rings is 1. The zero-order valence-electron chi connectivity index (χ0n) is 12.1. The van der Waals surface area contributed by atoms with Crippen molar-refractivity contribution in [1.29, 1.82) is 0 Å². The molecule has 0 aliphatic rings. The molecule has 2 aromatic rings. The minimum atomic E-state index is -4.43. The predicted octanol–water partition coefficient (Wildman–Crippen LogP) is 3.98. The molecule has 1 aromatic heterocycles. The van der Waals surface area contributed by atoms with E-state index in [2.05, 4.69) is 17.2 Å². The Labute approximate surface area is 132 Å². The second-order valence-corrected chi connectivity index (χ2v) is 5.71. The van der Waals surface area contributed by atoms with Gasteiger partial charge in [0.2, 0.25) is 0 Å². The molecule has 1 unspecified atom stereocenters. The molecule has 0 radical (unpaired) electrons. The molecule has 3 nitrogen and oxygen atoms in total. The molecule has 0 aliphatic carbocycles. The van der Waals surface area contributed by atoms with Crippen molar-refractivity contribution in [3.8, 4) is 0 Å². The average molecular weight is 332 g/mol. The monoisotopic (exact) mass is 331 g/mol. The van der Waals surface area contributed by atoms with Crippen LogP contribution in [0.3, 0.4) is 0 Å². The van der Waals surface area contributed by atoms with Gasteiger partial charge in [-0.2, -0.15) is 13.2 Å². The molecule has 0 aliphatic heterocycles. The lowest BCUT2D eigenvalue weighted by molar-refractivity contribution is -0.137. The summed E-state index contributed by atoms with van der Waals surface area (Å²) in [5.41, 5.74) is -0.230. The second-order valence-electron chi connectivity index (χ2n) is 5.31. The standard InChI is InChI=1S/C15H17ClF3N3/c1-11(9-22-5-4-20-10-22)7-21-8-12-2-3-14(16)13(6-12)15(17,18)19/h2-6,10-11,21H,7-9H2,1H3. The molecule has 0 saturated heterocycles. The molecule has 0 bridgehead atoms. The number of imidazole rings is 1. The van der Waals surface area contributed by atoms with Gasteiger partial charge in [-0.3, -0.25) is 0 Å². The summed E-state index contributed by atoms with van der Waals surface area (Å²) in [6.45, 7) is 3.94. The lowest BCUT2D eigenvalue weighted by atomic mass is 10.1. The Morgan fingerprint density at radius 1 is 1.36 bits per heavy atom. The van der Waals surface area contributed by atoms with Gasteiger partial charge in [-0.25, -0.2) is 4.98 Å². The lowest BCUT2D eigenvalue weighted by Crippen LogP contribution is -2.23. The summed E-state index contributed by atoms with van der Waals surface area (Å²) in [6.07, 6.45) is 0.908. The first kappa shape index (κ1) is 16.8. The van der Waals surface area contributed by atoms with E-state index in [1.165, 1.54) is 6.07 Å². The molecule has 1 aromatic carbocycles. The quantitative estimate of drug-likeness (QED) is 0.867. The molecule has 1 atom stereocenters. The van der Waals surface area contributed by atoms with E-state index in [0.717, 1.165) is 12.6 Å². The Morgan fingerprint density at radius 2 is 2.14 bits per heavy atom. The number of nitrogens with one attached hydrogen (secondary N) is 1. The summed E-state index contributed by atoms with van der Waals surface area (Å²) in [5, 5.41) is 2.89. The number of hydrogen-bond acceptors (Lipinski definition) is 2. The molecular formula is C15H17ClF3N3. The second kappa shape index (κ2) is 7.15. The summed E-state index contributed by atoms with van der Waals surface area (Å²) < 4.78 is 40.3. The Kier molecular flexibility index (Phi) is 5.47. The highest BCUT2D eigenvalue weighted by Crippen LogP contribution is 2.35. The van der Waals surface area contributed by atoms with Crippen molar-refractivity contribution in [3.05, 3.63) is 53.1 Å². The molecule has 0 fully saturated rings. The van der Waals surface area contributed by atoms with Crippen LogP contribution in [0.25, 0.3) is 0 Å². The van der Waals surface area contributed by atoms with Crippen LogP contribution in [0.15, 0.2) is 36.9 Å². The van der Waals surface area contributed by atoms with Crippen molar-refractivity contribution in [3.63, 3.8) is 0 Å². The van der Waals surface area contributed by atoms with Gasteiger partial charge in [0.1, 0.15) is 0 Å². The van der Waals surface area contributed by atoms with E-state index in [9.17, 15) is 13.2 Å². The molecule has 0 spiro atoms. The van der Waals surface area contributed by atoms with Crippen LogP contribution in [-0.2, 0) is 19.3 Å². The number of alkyl halides is 3. The fraction of sp³-hybridized carbons (Fsp3) is 0.400. The minimum absolute atomic E-state index is 0.273. The van der Waals surface area contributed by atoms with Crippen LogP contribution in [0.2, 0.25) is 5.02 Å². The zero-order chi connectivity index (χ0) is 16.2. The normalized spacial score (nSPS) is 13.3. The zero-order valence-corrected chi connectivity index (χ0v) is 12.8. The fourth-order valence-electron chi connectivity index (χ4n) is 2.18. The van der Waals surface area contributed by atoms with E-state index in [0.29, 0.717) is 24.6 Å². The summed E-state index contributed by atoms with van der Waals surface area (Å²) in [6, 6.07) is 3.98. The van der Waals surface area contributed by atoms with E-state index in [1.54, 1.807) is 18.6 Å². The largest absolute Gasteiger partial charge is 0.417 e. The number of halogens is 4. The highest BCUT2D eigenvalue weighted by molar-refractivity contribution is 6.31. The van der Waals surface area contributed by atoms with E-state index in [-0.39, 0.29) is 5.02 Å². The van der Waals surface area contributed by atoms with Crippen LogP contribution in [0.4, 0.5) is 13.2 Å². The number of aromatic nitrogens is 2. The minimum Gasteiger partial charge on any atom is -0.337 e. The predicted molar refractivity (Wildman–Crippen MR) is 79.6 cm³/mol. The van der Waals surface area contributed by atoms with Crippen molar-refractivity contribution < 1.29 is 13.2 Å². The Morgan fingerprint density at radius 3 is 2.77 bits per heavy atom. The van der Waals surface area contributed by atoms with Gasteiger partial charge in [0, 0.05) is 25.5 Å². The van der Waals surface area contributed by atoms with Crippen LogP contribution < -0.4 is 5.32 Å². The van der Waals surface area contributed by atoms with Crippen molar-refractivity contribution in [2.45, 2.75) is 26.2 Å². The topological polar surface area (TPSA) is 29.9 Å². The van der Waals surface area contributed by atoms with Gasteiger partial charge in [-0.15, -0.1) is 0 Å². The number of rotatable bonds is 6. The molecule has 120 valence electrons. The lowest BCUT2D eigenvalue weighted by Gasteiger charge is -2.14. The van der Waals surface area contributed by atoms with Gasteiger partial charge < -0.3 is 9.88 Å². The smallest absolute Gasteiger partial charge is 0.337 e. The van der Waals surface area contributed by atoms with E-state index in [1.807, 2.05) is 10.8 Å². The van der Waals surface area contributed by atoms with Gasteiger partial charge in [0.25, 0.3) is 0 Å². The number of hydrogen-bond donors (Lipinski definition) is 1. The molecule has 2 rings (SSSR count). The molecule has 1 N–H and O–H groups in total. The van der Waals surface area contributed by atoms with Crippen LogP contribution in [0, 0.1) is 5.92 Å². The number of nitrogens with zero attached hydrogens (tertiary/aromatic N) is 2. The van der Waals surface area contributed by atoms with Gasteiger partial charge in [0.15, 0.2) is 0 Å². The maximum atomic E-state index is 12.8. The molecule has 1 heterocycles. The van der Waals surface area contributed by atoms with Crippen LogP contribution in [-0.4, -0.2) is 16.1 Å². The molecule has 0 saturated carbocycles. The first-order chi connectivity index (χ1) is 10.4. The van der Waals surface area contributed by atoms with Gasteiger partial charge in [-0.1, -0.05) is 24.6 Å². The molecular weight excluding hydrogens is 315 g/mol. The Balaban J connectivity index is 1.86. The summed E-state index contributed by atoms with van der Waals surface area (Å²) in [5.74, 6) is 0.337. The first-order valence-corrected chi connectivity index (χ1v) is 7.26. The van der Waals surface area contributed by atoms with E-state index in [4.69, 9.17) is 11.6 Å². The Hall–Kier alpha value is -1.53. The third-order valence-corrected chi connectivity index (χ3v) is 3.57. The van der Waals surface area contributed by atoms with Gasteiger partial charge in [-0.05, 0) is 30.2 Å². The fourth-order valence-corrected chi connectivity index (χ4v) is 2.41. The van der Waals surface area contributed by atoms with Crippen LogP contribution >= 0.6 is 11.6 Å². The molecule has 7 heteroatoms. The first-order valence-electron chi connectivity index (χ1n) is 6.88. The third kappa shape index (κ3) is 4.74. The highest BCUT2D eigenvalue weighted by atomic mass is 35.5. The third-order valence-electron chi connectivity index (χ3n) is 3.24. The highest BCUT2D eigenvalue weighted by Gasteiger charge is 2.33. The maximum Gasteiger partial charge on any atom is 0.417 e. The maximum absolute atomic E-state index is 12.8. The SMILES string of the molecule is CC(CNCc1ccc(Cl)c(C(F)(F)F)c1)Cn1ccnc1. The Bertz CT molecular complexity index is 597. The summed E-state index contributed by atoms with van der Waals surface area (Å²) in [7, 11) is 0. The van der Waals surface area contributed by atoms with E-state index < -0.39 is 11.7 Å². The van der Waals surface area contributed by atoms with Crippen molar-refractivity contribution in [1.82, 2.24) is 14.9 Å². The summed E-state index contributed by atoms with van der Waals surface area (Å²) in [4.78, 5) is 3.97. The van der Waals surface area contributed by atoms with Crippen LogP contribution in [0.5, 0.6) is 0 Å². The van der Waals surface area contributed by atoms with Gasteiger partial charge in [0.05, 0.1) is 16.9 Å². The summed E-state index contributed by atoms with van der Waals surface area (Å²) >= 11 is 5.60. The average Bonchev–Trinajstić information content (AvgIpc) is 2.92. The van der Waals surface area contributed by atoms with Gasteiger partial charge >= 0.3 is 6.18 Å². The van der Waals surface area contributed by atoms with Crippen LogP contribution in [0.1, 0.15) is 18.1 Å². The van der Waals surface area contributed by atoms with Crippen molar-refractivity contribution >= 4 is 11.6 Å². The molecule has 0 amide bonds. The molecule has 22 heavy (non-hydrogen) atoms. The van der Waals surface area contributed by atoms with E-state index >= 15 is 0 Å². The van der Waals surface area contributed by atoms with Crippen molar-refractivity contribution in [2.24, 2.45) is 5.92 Å². The van der Waals surface area contributed by atoms with Crippen molar-refractivity contribution in [2.75, 3.05) is 6.54 Å².